The van der Waals surface area contributed by atoms with Crippen LogP contribution in [0.15, 0.2) is 78.9 Å². The Morgan fingerprint density at radius 2 is 1.47 bits per heavy atom. The zero-order chi connectivity index (χ0) is 24.1. The summed E-state index contributed by atoms with van der Waals surface area (Å²) in [5.41, 5.74) is 4.90. The van der Waals surface area contributed by atoms with Gasteiger partial charge in [0.15, 0.2) is 6.61 Å². The molecule has 0 saturated heterocycles. The van der Waals surface area contributed by atoms with Crippen LogP contribution in [0.25, 0.3) is 11.1 Å². The number of hydrogen-bond acceptors (Lipinski definition) is 5. The summed E-state index contributed by atoms with van der Waals surface area (Å²) in [4.78, 5) is 33.9. The minimum absolute atomic E-state index is 0.0314. The molecule has 4 rings (SSSR count). The van der Waals surface area contributed by atoms with E-state index < -0.39 is 32.0 Å². The first-order valence-corrected chi connectivity index (χ1v) is 12.3. The highest BCUT2D eigenvalue weighted by atomic mass is 31.2. The lowest BCUT2D eigenvalue weighted by Crippen LogP contribution is -2.38. The molecule has 0 bridgehead atoms. The first kappa shape index (κ1) is 23.7. The van der Waals surface area contributed by atoms with Crippen LogP contribution in [0.1, 0.15) is 22.6 Å². The van der Waals surface area contributed by atoms with Crippen molar-refractivity contribution < 1.29 is 33.4 Å². The smallest absolute Gasteiger partial charge is 0.407 e. The Morgan fingerprint density at radius 1 is 0.912 bits per heavy atom. The van der Waals surface area contributed by atoms with Crippen LogP contribution in [0, 0.1) is 0 Å². The lowest BCUT2D eigenvalue weighted by atomic mass is 9.98. The average Bonchev–Trinajstić information content (AvgIpc) is 3.15. The summed E-state index contributed by atoms with van der Waals surface area (Å²) >= 11 is 0. The van der Waals surface area contributed by atoms with Crippen molar-refractivity contribution in [1.29, 1.82) is 0 Å². The quantitative estimate of drug-likeness (QED) is 0.388. The SMILES string of the molecule is O=C(O)COP(=O)(O)C(Cc1ccccc1)NC(=O)OCC1c2ccccc2-c2ccccc21. The molecular weight excluding hydrogens is 457 g/mol. The number of aliphatic carboxylic acids is 1. The Labute approximate surface area is 196 Å². The fourth-order valence-electron chi connectivity index (χ4n) is 4.10. The van der Waals surface area contributed by atoms with Crippen molar-refractivity contribution in [3.05, 3.63) is 95.6 Å². The molecule has 0 radical (unpaired) electrons. The lowest BCUT2D eigenvalue weighted by Gasteiger charge is -2.23. The Balaban J connectivity index is 1.48. The van der Waals surface area contributed by atoms with Crippen molar-refractivity contribution in [2.24, 2.45) is 0 Å². The second kappa shape index (κ2) is 10.2. The second-order valence-corrected chi connectivity index (χ2v) is 9.92. The van der Waals surface area contributed by atoms with Crippen molar-refractivity contribution in [1.82, 2.24) is 5.32 Å². The number of carbonyl (C=O) groups is 2. The summed E-state index contributed by atoms with van der Waals surface area (Å²) in [6, 6.07) is 24.5. The van der Waals surface area contributed by atoms with E-state index in [9.17, 15) is 19.0 Å². The van der Waals surface area contributed by atoms with Crippen molar-refractivity contribution in [3.8, 4) is 11.1 Å². The van der Waals surface area contributed by atoms with Gasteiger partial charge in [-0.3, -0.25) is 9.09 Å². The summed E-state index contributed by atoms with van der Waals surface area (Å²) in [7, 11) is -4.52. The molecule has 1 amide bonds. The third kappa shape index (κ3) is 5.37. The van der Waals surface area contributed by atoms with Crippen LogP contribution < -0.4 is 5.32 Å². The molecule has 8 nitrogen and oxygen atoms in total. The molecule has 9 heteroatoms. The van der Waals surface area contributed by atoms with Crippen LogP contribution in [0.2, 0.25) is 0 Å². The van der Waals surface area contributed by atoms with Crippen LogP contribution in [-0.4, -0.2) is 41.1 Å². The molecule has 0 aromatic heterocycles. The number of alkyl carbamates (subject to hydrolysis) is 1. The number of ether oxygens (including phenoxy) is 1. The number of carboxylic acids is 1. The highest BCUT2D eigenvalue weighted by Crippen LogP contribution is 2.48. The van der Waals surface area contributed by atoms with Gasteiger partial charge in [0.2, 0.25) is 0 Å². The first-order valence-electron chi connectivity index (χ1n) is 10.7. The molecule has 2 unspecified atom stereocenters. The van der Waals surface area contributed by atoms with Gasteiger partial charge in [-0.1, -0.05) is 78.9 Å². The molecule has 3 N–H and O–H groups in total. The van der Waals surface area contributed by atoms with Crippen LogP contribution in [0.5, 0.6) is 0 Å². The van der Waals surface area contributed by atoms with Gasteiger partial charge in [-0.05, 0) is 27.8 Å². The molecular formula is C25H24NO7P. The highest BCUT2D eigenvalue weighted by molar-refractivity contribution is 7.53. The van der Waals surface area contributed by atoms with Gasteiger partial charge in [0.05, 0.1) is 0 Å². The molecule has 0 fully saturated rings. The minimum atomic E-state index is -4.52. The van der Waals surface area contributed by atoms with Crippen molar-refractivity contribution in [2.75, 3.05) is 13.2 Å². The van der Waals surface area contributed by atoms with Crippen molar-refractivity contribution >= 4 is 19.7 Å². The number of amides is 1. The van der Waals surface area contributed by atoms with Gasteiger partial charge in [-0.15, -0.1) is 0 Å². The zero-order valence-corrected chi connectivity index (χ0v) is 19.1. The second-order valence-electron chi connectivity index (χ2n) is 7.91. The van der Waals surface area contributed by atoms with Gasteiger partial charge in [0, 0.05) is 12.3 Å². The minimum Gasteiger partial charge on any atom is -0.480 e. The molecule has 0 saturated carbocycles. The molecule has 0 spiro atoms. The van der Waals surface area contributed by atoms with E-state index in [2.05, 4.69) is 5.32 Å². The van der Waals surface area contributed by atoms with E-state index in [1.807, 2.05) is 48.5 Å². The van der Waals surface area contributed by atoms with Gasteiger partial charge in [0.25, 0.3) is 0 Å². The van der Waals surface area contributed by atoms with Crippen LogP contribution in [0.4, 0.5) is 4.79 Å². The fraction of sp³-hybridized carbons (Fsp3) is 0.200. The average molecular weight is 481 g/mol. The van der Waals surface area contributed by atoms with E-state index in [0.29, 0.717) is 5.56 Å². The molecule has 176 valence electrons. The third-order valence-electron chi connectivity index (χ3n) is 5.67. The molecule has 1 aliphatic carbocycles. The Bertz CT molecular complexity index is 1190. The van der Waals surface area contributed by atoms with Crippen molar-refractivity contribution in [3.63, 3.8) is 0 Å². The van der Waals surface area contributed by atoms with E-state index in [-0.39, 0.29) is 18.9 Å². The number of hydrogen-bond donors (Lipinski definition) is 3. The van der Waals surface area contributed by atoms with Gasteiger partial charge in [-0.25, -0.2) is 9.59 Å². The highest BCUT2D eigenvalue weighted by Gasteiger charge is 2.36. The maximum absolute atomic E-state index is 12.7. The predicted molar refractivity (Wildman–Crippen MR) is 126 cm³/mol. The predicted octanol–water partition coefficient (Wildman–Crippen LogP) is 4.38. The molecule has 0 aliphatic heterocycles. The number of carboxylic acid groups (broad SMARTS) is 1. The van der Waals surface area contributed by atoms with Gasteiger partial charge in [-0.2, -0.15) is 0 Å². The number of benzene rings is 3. The number of rotatable bonds is 9. The fourth-order valence-corrected chi connectivity index (χ4v) is 5.28. The lowest BCUT2D eigenvalue weighted by molar-refractivity contribution is -0.139. The largest absolute Gasteiger partial charge is 0.480 e. The Kier molecular flexibility index (Phi) is 7.12. The van der Waals surface area contributed by atoms with Gasteiger partial charge in [0.1, 0.15) is 12.4 Å². The summed E-state index contributed by atoms with van der Waals surface area (Å²) in [5, 5.41) is 11.2. The standard InChI is InChI=1S/C25H24NO7P/c27-24(28)16-33-34(30,31)23(14-17-8-2-1-3-9-17)26-25(29)32-15-22-20-12-6-4-10-18(20)19-11-5-7-13-21(19)22/h1-13,22-23H,14-16H2,(H,26,29)(H,27,28)(H,30,31). The summed E-state index contributed by atoms with van der Waals surface area (Å²) < 4.78 is 23.0. The molecule has 1 aliphatic rings. The topological polar surface area (TPSA) is 122 Å². The third-order valence-corrected chi connectivity index (χ3v) is 7.27. The van der Waals surface area contributed by atoms with Crippen LogP contribution in [0.3, 0.4) is 0 Å². The number of nitrogens with one attached hydrogen (secondary N) is 1. The molecule has 34 heavy (non-hydrogen) atoms. The first-order chi connectivity index (χ1) is 16.3. The van der Waals surface area contributed by atoms with E-state index in [0.717, 1.165) is 22.3 Å². The number of fused-ring (bicyclic) bond motifs is 3. The van der Waals surface area contributed by atoms with E-state index in [1.54, 1.807) is 30.3 Å². The summed E-state index contributed by atoms with van der Waals surface area (Å²) in [5.74, 6) is -2.95. The van der Waals surface area contributed by atoms with E-state index in [4.69, 9.17) is 14.4 Å². The van der Waals surface area contributed by atoms with Crippen LogP contribution in [-0.2, 0) is 25.0 Å². The monoisotopic (exact) mass is 481 g/mol. The van der Waals surface area contributed by atoms with E-state index in [1.165, 1.54) is 0 Å². The zero-order valence-electron chi connectivity index (χ0n) is 18.2. The Morgan fingerprint density at radius 3 is 2.06 bits per heavy atom. The molecule has 3 aromatic carbocycles. The van der Waals surface area contributed by atoms with Gasteiger partial charge < -0.3 is 20.1 Å². The number of carbonyl (C=O) groups excluding carboxylic acids is 1. The Hall–Kier alpha value is -3.45. The summed E-state index contributed by atoms with van der Waals surface area (Å²) in [6.45, 7) is -0.935. The maximum atomic E-state index is 12.7. The van der Waals surface area contributed by atoms with Gasteiger partial charge >= 0.3 is 19.7 Å². The molecule has 3 aromatic rings. The maximum Gasteiger partial charge on any atom is 0.407 e. The van der Waals surface area contributed by atoms with E-state index >= 15 is 0 Å². The molecule has 2 atom stereocenters. The summed E-state index contributed by atoms with van der Waals surface area (Å²) in [6.07, 6.45) is -0.936. The van der Waals surface area contributed by atoms with Crippen molar-refractivity contribution in [2.45, 2.75) is 18.1 Å². The normalized spacial score (nSPS) is 15.0. The molecule has 0 heterocycles. The van der Waals surface area contributed by atoms with Crippen LogP contribution >= 0.6 is 7.60 Å².